The van der Waals surface area contributed by atoms with E-state index in [1.54, 1.807) is 36.4 Å². The van der Waals surface area contributed by atoms with Crippen molar-refractivity contribution >= 4 is 18.6 Å². The molecule has 0 saturated heterocycles. The lowest BCUT2D eigenvalue weighted by atomic mass is 9.91. The van der Waals surface area contributed by atoms with E-state index in [0.717, 1.165) is 0 Å². The first-order chi connectivity index (χ1) is 16.7. The number of aromatic hydroxyl groups is 6. The van der Waals surface area contributed by atoms with Gasteiger partial charge >= 0.3 is 0 Å². The number of hydrogen-bond acceptors (Lipinski definition) is 9. The van der Waals surface area contributed by atoms with Crippen LogP contribution in [0.25, 0.3) is 0 Å². The van der Waals surface area contributed by atoms with Crippen molar-refractivity contribution in [3.8, 4) is 34.5 Å². The summed E-state index contributed by atoms with van der Waals surface area (Å²) in [6.45, 7) is 2.63. The van der Waals surface area contributed by atoms with Crippen LogP contribution in [-0.2, 0) is 0 Å². The smallest absolute Gasteiger partial charge is 0.166 e. The number of phenolic OH excluding ortho intramolecular Hbond substituents is 6. The van der Waals surface area contributed by atoms with Crippen LogP contribution in [0.3, 0.4) is 0 Å². The van der Waals surface area contributed by atoms with Gasteiger partial charge in [-0.25, -0.2) is 0 Å². The minimum atomic E-state index is -0.616. The third-order valence-electron chi connectivity index (χ3n) is 5.25. The van der Waals surface area contributed by atoms with Gasteiger partial charge < -0.3 is 30.6 Å². The minimum absolute atomic E-state index is 0.245. The molecule has 3 aromatic rings. The molecule has 0 aliphatic carbocycles. The van der Waals surface area contributed by atoms with Crippen molar-refractivity contribution in [3.63, 3.8) is 0 Å². The first-order valence-corrected chi connectivity index (χ1v) is 10.7. The van der Waals surface area contributed by atoms with E-state index in [4.69, 9.17) is 0 Å². The van der Waals surface area contributed by atoms with Crippen molar-refractivity contribution in [1.82, 2.24) is 0 Å². The highest BCUT2D eigenvalue weighted by molar-refractivity contribution is 5.86. The van der Waals surface area contributed by atoms with Gasteiger partial charge in [-0.2, -0.15) is 0 Å². The summed E-state index contributed by atoms with van der Waals surface area (Å²) >= 11 is 0. The molecule has 0 aliphatic rings. The van der Waals surface area contributed by atoms with E-state index in [1.165, 1.54) is 36.8 Å². The molecule has 0 radical (unpaired) electrons. The van der Waals surface area contributed by atoms with Gasteiger partial charge in [0, 0.05) is 60.4 Å². The summed E-state index contributed by atoms with van der Waals surface area (Å²) in [4.78, 5) is 13.2. The Labute approximate surface area is 202 Å². The topological polar surface area (TPSA) is 158 Å². The average Bonchev–Trinajstić information content (AvgIpc) is 2.82. The van der Waals surface area contributed by atoms with Crippen LogP contribution in [0.15, 0.2) is 69.6 Å². The molecule has 0 bridgehead atoms. The number of phenols is 6. The van der Waals surface area contributed by atoms with Crippen molar-refractivity contribution in [3.05, 3.63) is 71.3 Å². The van der Waals surface area contributed by atoms with Gasteiger partial charge in [-0.15, -0.1) is 0 Å². The Bertz CT molecular complexity index is 1120. The van der Waals surface area contributed by atoms with Crippen molar-refractivity contribution in [2.24, 2.45) is 20.4 Å². The molecule has 0 aromatic heterocycles. The predicted octanol–water partition coefficient (Wildman–Crippen LogP) is 3.58. The Hall–Kier alpha value is -4.53. The van der Waals surface area contributed by atoms with Crippen LogP contribution in [0.2, 0.25) is 0 Å². The minimum Gasteiger partial charge on any atom is -0.504 e. The van der Waals surface area contributed by atoms with Gasteiger partial charge in [0.15, 0.2) is 34.5 Å². The molecule has 0 atom stereocenters. The summed E-state index contributed by atoms with van der Waals surface area (Å²) in [6, 6.07) is 13.7. The maximum Gasteiger partial charge on any atom is 0.166 e. The van der Waals surface area contributed by atoms with Gasteiger partial charge in [-0.05, 0) is 36.4 Å². The second-order valence-corrected chi connectivity index (χ2v) is 8.36. The van der Waals surface area contributed by atoms with Crippen LogP contribution < -0.4 is 0 Å². The Morgan fingerprint density at radius 2 is 0.829 bits per heavy atom. The Kier molecular flexibility index (Phi) is 7.93. The summed E-state index contributed by atoms with van der Waals surface area (Å²) < 4.78 is 0. The van der Waals surface area contributed by atoms with Crippen LogP contribution in [-0.4, -0.2) is 68.9 Å². The van der Waals surface area contributed by atoms with Gasteiger partial charge in [0.25, 0.3) is 0 Å². The SMILES string of the molecule is CC(CN=Cc1cccc(O)c1O)(CN=Cc1cccc(O)c1O)CN=Cc1cccc(O)c1O. The molecule has 0 unspecified atom stereocenters. The number of nitrogens with zero attached hydrogens (tertiary/aromatic N) is 3. The van der Waals surface area contributed by atoms with Gasteiger partial charge in [0.1, 0.15) is 0 Å². The van der Waals surface area contributed by atoms with E-state index in [0.29, 0.717) is 16.7 Å². The second-order valence-electron chi connectivity index (χ2n) is 8.36. The Morgan fingerprint density at radius 3 is 1.11 bits per heavy atom. The summed E-state index contributed by atoms with van der Waals surface area (Å²) in [6.07, 6.45) is 4.34. The zero-order chi connectivity index (χ0) is 25.4. The monoisotopic (exact) mass is 477 g/mol. The Balaban J connectivity index is 1.80. The third-order valence-corrected chi connectivity index (χ3v) is 5.25. The van der Waals surface area contributed by atoms with Gasteiger partial charge in [-0.3, -0.25) is 15.0 Å². The first-order valence-electron chi connectivity index (χ1n) is 10.7. The summed E-state index contributed by atoms with van der Waals surface area (Å²) in [7, 11) is 0. The standard InChI is InChI=1S/C26H27N3O6/c1-26(14-27-11-17-5-2-8-20(30)23(17)33,15-28-12-18-6-3-9-21(31)24(18)34)16-29-13-19-7-4-10-22(32)25(19)35/h2-13,30-35H,14-16H2,1H3. The number of para-hydroxylation sites is 3. The molecule has 6 N–H and O–H groups in total. The highest BCUT2D eigenvalue weighted by Gasteiger charge is 2.23. The van der Waals surface area contributed by atoms with Crippen LogP contribution in [0, 0.1) is 5.41 Å². The highest BCUT2D eigenvalue weighted by atomic mass is 16.3. The molecule has 0 aliphatic heterocycles. The lowest BCUT2D eigenvalue weighted by Crippen LogP contribution is -2.28. The maximum absolute atomic E-state index is 9.98. The number of aliphatic imine (C=N–C) groups is 3. The molecule has 35 heavy (non-hydrogen) atoms. The molecular weight excluding hydrogens is 450 g/mol. The molecule has 9 heteroatoms. The zero-order valence-electron chi connectivity index (χ0n) is 19.1. The molecule has 182 valence electrons. The molecule has 0 saturated carbocycles. The normalized spacial score (nSPS) is 13.6. The molecule has 9 nitrogen and oxygen atoms in total. The quantitative estimate of drug-likeness (QED) is 0.204. The van der Waals surface area contributed by atoms with Gasteiger partial charge in [0.2, 0.25) is 0 Å². The van der Waals surface area contributed by atoms with Gasteiger partial charge in [-0.1, -0.05) is 25.1 Å². The molecule has 0 fully saturated rings. The molecule has 3 rings (SSSR count). The van der Waals surface area contributed by atoms with Crippen LogP contribution >= 0.6 is 0 Å². The first kappa shape index (κ1) is 25.1. The van der Waals surface area contributed by atoms with Crippen LogP contribution in [0.5, 0.6) is 34.5 Å². The van der Waals surface area contributed by atoms with E-state index in [2.05, 4.69) is 15.0 Å². The fourth-order valence-electron chi connectivity index (χ4n) is 3.20. The summed E-state index contributed by atoms with van der Waals surface area (Å²) in [5.74, 6) is -1.55. The third kappa shape index (κ3) is 6.50. The summed E-state index contributed by atoms with van der Waals surface area (Å²) in [5, 5.41) is 58.9. The van der Waals surface area contributed by atoms with E-state index >= 15 is 0 Å². The lowest BCUT2D eigenvalue weighted by Gasteiger charge is -2.23. The largest absolute Gasteiger partial charge is 0.504 e. The molecule has 0 spiro atoms. The highest BCUT2D eigenvalue weighted by Crippen LogP contribution is 2.29. The van der Waals surface area contributed by atoms with E-state index in [-0.39, 0.29) is 54.1 Å². The molecular formula is C26H27N3O6. The second kappa shape index (κ2) is 11.1. The molecule has 0 amide bonds. The van der Waals surface area contributed by atoms with Crippen LogP contribution in [0.4, 0.5) is 0 Å². The van der Waals surface area contributed by atoms with Crippen molar-refractivity contribution in [2.45, 2.75) is 6.92 Å². The fraction of sp³-hybridized carbons (Fsp3) is 0.192. The zero-order valence-corrected chi connectivity index (χ0v) is 19.1. The van der Waals surface area contributed by atoms with Crippen LogP contribution in [0.1, 0.15) is 23.6 Å². The number of benzene rings is 3. The molecule has 0 heterocycles. The lowest BCUT2D eigenvalue weighted by molar-refractivity contribution is 0.366. The van der Waals surface area contributed by atoms with E-state index in [9.17, 15) is 30.6 Å². The number of rotatable bonds is 9. The van der Waals surface area contributed by atoms with Crippen molar-refractivity contribution < 1.29 is 30.6 Å². The molecule has 3 aromatic carbocycles. The van der Waals surface area contributed by atoms with E-state index in [1.807, 2.05) is 6.92 Å². The summed E-state index contributed by atoms with van der Waals surface area (Å²) in [5.41, 5.74) is 0.450. The average molecular weight is 478 g/mol. The van der Waals surface area contributed by atoms with Gasteiger partial charge in [0.05, 0.1) is 0 Å². The van der Waals surface area contributed by atoms with E-state index < -0.39 is 5.41 Å². The fourth-order valence-corrected chi connectivity index (χ4v) is 3.20. The Morgan fingerprint density at radius 1 is 0.543 bits per heavy atom. The number of hydrogen-bond donors (Lipinski definition) is 6. The van der Waals surface area contributed by atoms with Crippen molar-refractivity contribution in [2.75, 3.05) is 19.6 Å². The van der Waals surface area contributed by atoms with Crippen molar-refractivity contribution in [1.29, 1.82) is 0 Å². The predicted molar refractivity (Wildman–Crippen MR) is 135 cm³/mol. The maximum atomic E-state index is 9.98.